The molecule has 0 bridgehead atoms. The fourth-order valence-electron chi connectivity index (χ4n) is 4.63. The Labute approximate surface area is 211 Å². The van der Waals surface area contributed by atoms with Gasteiger partial charge >= 0.3 is 5.97 Å². The first-order valence-corrected chi connectivity index (χ1v) is 11.6. The van der Waals surface area contributed by atoms with Crippen LogP contribution in [0.5, 0.6) is 5.88 Å². The molecule has 1 aliphatic rings. The highest BCUT2D eigenvalue weighted by molar-refractivity contribution is 5.98. The third-order valence-corrected chi connectivity index (χ3v) is 6.51. The van der Waals surface area contributed by atoms with Crippen LogP contribution in [0, 0.1) is 6.92 Å². The van der Waals surface area contributed by atoms with E-state index >= 15 is 0 Å². The molecule has 0 spiro atoms. The molecule has 2 amide bonds. The summed E-state index contributed by atoms with van der Waals surface area (Å²) in [4.78, 5) is 46.2. The number of ether oxygens (including phenoxy) is 1. The predicted octanol–water partition coefficient (Wildman–Crippen LogP) is 2.49. The van der Waals surface area contributed by atoms with Crippen LogP contribution in [0.3, 0.4) is 0 Å². The summed E-state index contributed by atoms with van der Waals surface area (Å²) in [5.74, 6) is -1.40. The van der Waals surface area contributed by atoms with Gasteiger partial charge in [-0.05, 0) is 54.2 Å². The van der Waals surface area contributed by atoms with Gasteiger partial charge < -0.3 is 20.5 Å². The zero-order valence-electron chi connectivity index (χ0n) is 20.2. The molecule has 1 atom stereocenters. The fraction of sp³-hybridized carbons (Fsp3) is 0.231. The molecule has 3 aromatic heterocycles. The van der Waals surface area contributed by atoms with Gasteiger partial charge in [-0.15, -0.1) is 0 Å². The minimum Gasteiger partial charge on any atom is -0.481 e. The van der Waals surface area contributed by atoms with E-state index in [1.165, 1.54) is 23.9 Å². The Morgan fingerprint density at radius 3 is 2.76 bits per heavy atom. The lowest BCUT2D eigenvalue weighted by Gasteiger charge is -2.16. The Hall–Kier alpha value is -4.80. The quantitative estimate of drug-likeness (QED) is 0.351. The molecule has 0 aliphatic heterocycles. The number of carboxylic acids is 1. The van der Waals surface area contributed by atoms with E-state index in [1.54, 1.807) is 43.5 Å². The van der Waals surface area contributed by atoms with Crippen LogP contribution in [-0.2, 0) is 13.0 Å². The van der Waals surface area contributed by atoms with Crippen LogP contribution in [0.15, 0.2) is 48.8 Å². The zero-order valence-corrected chi connectivity index (χ0v) is 20.2. The van der Waals surface area contributed by atoms with Gasteiger partial charge in [0.25, 0.3) is 11.8 Å². The molecule has 4 aromatic rings. The fourth-order valence-corrected chi connectivity index (χ4v) is 4.63. The molecule has 188 valence electrons. The van der Waals surface area contributed by atoms with E-state index in [1.807, 2.05) is 0 Å². The highest BCUT2D eigenvalue weighted by Crippen LogP contribution is 2.35. The summed E-state index contributed by atoms with van der Waals surface area (Å²) in [5, 5.41) is 19.4. The van der Waals surface area contributed by atoms with Crippen LogP contribution in [0.2, 0.25) is 0 Å². The highest BCUT2D eigenvalue weighted by Gasteiger charge is 2.28. The van der Waals surface area contributed by atoms with Crippen molar-refractivity contribution in [2.24, 2.45) is 0 Å². The van der Waals surface area contributed by atoms with Crippen LogP contribution < -0.4 is 15.4 Å². The number of amides is 2. The van der Waals surface area contributed by atoms with Gasteiger partial charge in [0, 0.05) is 30.9 Å². The number of carboxylic acid groups (broad SMARTS) is 1. The standard InChI is InChI=1S/C26H24N6O5/c1-14-16-5-6-19(18(16)4-3-17(14)26(35)36)31-25(34)21-12-20(30-22-8-10-29-32(21)22)24(33)28-13-15-7-9-27-23(11-15)37-2/h3-4,7-12,19H,5-6,13H2,1-2H3,(H,28,33)(H,31,34)(H,35,36)/t19-/m0/s1. The maximum atomic E-state index is 13.4. The molecular weight excluding hydrogens is 476 g/mol. The molecule has 3 N–H and O–H groups in total. The van der Waals surface area contributed by atoms with Crippen LogP contribution in [0.25, 0.3) is 5.65 Å². The van der Waals surface area contributed by atoms with Gasteiger partial charge in [0.1, 0.15) is 11.4 Å². The number of hydrogen-bond acceptors (Lipinski definition) is 7. The summed E-state index contributed by atoms with van der Waals surface area (Å²) in [6, 6.07) is 9.53. The van der Waals surface area contributed by atoms with E-state index in [9.17, 15) is 19.5 Å². The van der Waals surface area contributed by atoms with Crippen LogP contribution in [0.4, 0.5) is 0 Å². The molecule has 37 heavy (non-hydrogen) atoms. The number of nitrogens with one attached hydrogen (secondary N) is 2. The number of nitrogens with zero attached hydrogens (tertiary/aromatic N) is 4. The second-order valence-corrected chi connectivity index (χ2v) is 8.69. The van der Waals surface area contributed by atoms with E-state index in [0.29, 0.717) is 29.9 Å². The van der Waals surface area contributed by atoms with E-state index in [4.69, 9.17) is 4.74 Å². The highest BCUT2D eigenvalue weighted by atomic mass is 16.5. The average Bonchev–Trinajstić information content (AvgIpc) is 3.54. The van der Waals surface area contributed by atoms with Gasteiger partial charge in [0.2, 0.25) is 5.88 Å². The summed E-state index contributed by atoms with van der Waals surface area (Å²) in [7, 11) is 1.51. The summed E-state index contributed by atoms with van der Waals surface area (Å²) in [5.41, 5.74) is 4.21. The van der Waals surface area contributed by atoms with Gasteiger partial charge in [-0.25, -0.2) is 19.3 Å². The minimum absolute atomic E-state index is 0.0768. The molecule has 3 heterocycles. The Morgan fingerprint density at radius 2 is 1.97 bits per heavy atom. The van der Waals surface area contributed by atoms with E-state index in [2.05, 4.69) is 25.7 Å². The molecule has 0 unspecified atom stereocenters. The van der Waals surface area contributed by atoms with Crippen molar-refractivity contribution in [3.8, 4) is 5.88 Å². The van der Waals surface area contributed by atoms with Crippen LogP contribution >= 0.6 is 0 Å². The number of carbonyl (C=O) groups is 3. The number of carbonyl (C=O) groups excluding carboxylic acids is 2. The number of benzene rings is 1. The topological polar surface area (TPSA) is 148 Å². The molecule has 1 aromatic carbocycles. The first-order valence-electron chi connectivity index (χ1n) is 11.6. The molecule has 5 rings (SSSR count). The molecule has 0 saturated heterocycles. The predicted molar refractivity (Wildman–Crippen MR) is 132 cm³/mol. The Bertz CT molecular complexity index is 1550. The number of hydrogen-bond donors (Lipinski definition) is 3. The zero-order chi connectivity index (χ0) is 26.1. The maximum Gasteiger partial charge on any atom is 0.335 e. The van der Waals surface area contributed by atoms with Gasteiger partial charge in [0.15, 0.2) is 5.65 Å². The van der Waals surface area contributed by atoms with Crippen molar-refractivity contribution < 1.29 is 24.2 Å². The average molecular weight is 501 g/mol. The van der Waals surface area contributed by atoms with E-state index in [-0.39, 0.29) is 29.5 Å². The van der Waals surface area contributed by atoms with Crippen molar-refractivity contribution in [3.63, 3.8) is 0 Å². The smallest absolute Gasteiger partial charge is 0.335 e. The van der Waals surface area contributed by atoms with Crippen molar-refractivity contribution in [1.82, 2.24) is 30.2 Å². The van der Waals surface area contributed by atoms with Crippen molar-refractivity contribution >= 4 is 23.4 Å². The third kappa shape index (κ3) is 4.58. The van der Waals surface area contributed by atoms with Crippen LogP contribution in [-0.4, -0.2) is 49.6 Å². The van der Waals surface area contributed by atoms with E-state index in [0.717, 1.165) is 16.7 Å². The van der Waals surface area contributed by atoms with Gasteiger partial charge in [-0.2, -0.15) is 5.10 Å². The number of aromatic carboxylic acids is 1. The first-order chi connectivity index (χ1) is 17.9. The second kappa shape index (κ2) is 9.69. The Morgan fingerprint density at radius 1 is 1.14 bits per heavy atom. The lowest BCUT2D eigenvalue weighted by atomic mass is 9.98. The number of aromatic nitrogens is 4. The Kier molecular flexibility index (Phi) is 6.26. The lowest BCUT2D eigenvalue weighted by molar-refractivity contribution is 0.0695. The molecule has 0 fully saturated rings. The van der Waals surface area contributed by atoms with Gasteiger partial charge in [-0.3, -0.25) is 9.59 Å². The van der Waals surface area contributed by atoms with Crippen molar-refractivity contribution in [2.75, 3.05) is 7.11 Å². The monoisotopic (exact) mass is 500 g/mol. The molecular formula is C26H24N6O5. The largest absolute Gasteiger partial charge is 0.481 e. The second-order valence-electron chi connectivity index (χ2n) is 8.69. The summed E-state index contributed by atoms with van der Waals surface area (Å²) in [6.07, 6.45) is 4.39. The van der Waals surface area contributed by atoms with Crippen molar-refractivity contribution in [1.29, 1.82) is 0 Å². The number of pyridine rings is 1. The lowest BCUT2D eigenvalue weighted by Crippen LogP contribution is -2.30. The summed E-state index contributed by atoms with van der Waals surface area (Å²) in [6.45, 7) is 2.01. The van der Waals surface area contributed by atoms with Gasteiger partial charge in [0.05, 0.1) is 24.9 Å². The number of rotatable bonds is 7. The molecule has 1 aliphatic carbocycles. The van der Waals surface area contributed by atoms with Gasteiger partial charge in [-0.1, -0.05) is 6.07 Å². The minimum atomic E-state index is -0.973. The normalized spacial score (nSPS) is 14.3. The molecule has 11 heteroatoms. The molecule has 0 saturated carbocycles. The number of fused-ring (bicyclic) bond motifs is 2. The summed E-state index contributed by atoms with van der Waals surface area (Å²) < 4.78 is 6.49. The molecule has 11 nitrogen and oxygen atoms in total. The SMILES string of the molecule is COc1cc(CNC(=O)c2cc(C(=O)N[C@H]3CCc4c3ccc(C(=O)O)c4C)n3nccc3n2)ccn1. The Balaban J connectivity index is 1.37. The van der Waals surface area contributed by atoms with Crippen molar-refractivity contribution in [3.05, 3.63) is 88.0 Å². The molecule has 0 radical (unpaired) electrons. The number of methoxy groups -OCH3 is 1. The first kappa shape index (κ1) is 23.9. The van der Waals surface area contributed by atoms with Crippen LogP contribution in [0.1, 0.15) is 66.1 Å². The van der Waals surface area contributed by atoms with Crippen molar-refractivity contribution in [2.45, 2.75) is 32.4 Å². The third-order valence-electron chi connectivity index (χ3n) is 6.51. The summed E-state index contributed by atoms with van der Waals surface area (Å²) >= 11 is 0. The van der Waals surface area contributed by atoms with E-state index < -0.39 is 17.8 Å². The maximum absolute atomic E-state index is 13.4.